The summed E-state index contributed by atoms with van der Waals surface area (Å²) in [5.41, 5.74) is 12.7. The van der Waals surface area contributed by atoms with E-state index < -0.39 is 5.82 Å². The van der Waals surface area contributed by atoms with E-state index in [1.807, 2.05) is 0 Å². The van der Waals surface area contributed by atoms with E-state index in [2.05, 4.69) is 37.0 Å². The molecule has 26 heavy (non-hydrogen) atoms. The van der Waals surface area contributed by atoms with Crippen molar-refractivity contribution in [2.45, 2.75) is 35.2 Å². The average molecular weight is 374 g/mol. The molecule has 1 aliphatic rings. The molecule has 0 aromatic carbocycles. The highest BCUT2D eigenvalue weighted by Crippen LogP contribution is 2.33. The summed E-state index contributed by atoms with van der Waals surface area (Å²) in [4.78, 5) is 15.3. The standard InChI is InChI=1S/C16H19FN8S/c1-16(19)3-6-25(7-4-16)10-8-21-12-14(22-10)23-24-15(12)26-9-2-5-20-13(18)11(9)17/h2,5,8H,3-4,6-7,19H2,1H3,(H2,18,20)(H,22,23,24). The molecule has 1 fully saturated rings. The molecule has 10 heteroatoms. The third kappa shape index (κ3) is 3.17. The number of hydrogen-bond donors (Lipinski definition) is 3. The molecule has 0 atom stereocenters. The largest absolute Gasteiger partial charge is 0.381 e. The van der Waals surface area contributed by atoms with Crippen LogP contribution in [0.3, 0.4) is 0 Å². The van der Waals surface area contributed by atoms with Gasteiger partial charge >= 0.3 is 0 Å². The quantitative estimate of drug-likeness (QED) is 0.636. The lowest BCUT2D eigenvalue weighted by molar-refractivity contribution is 0.363. The molecule has 0 spiro atoms. The number of piperidine rings is 1. The van der Waals surface area contributed by atoms with Crippen LogP contribution in [0.5, 0.6) is 0 Å². The van der Waals surface area contributed by atoms with Gasteiger partial charge in [0, 0.05) is 24.8 Å². The Bertz CT molecular complexity index is 947. The van der Waals surface area contributed by atoms with Crippen LogP contribution in [0.1, 0.15) is 19.8 Å². The molecular weight excluding hydrogens is 355 g/mol. The van der Waals surface area contributed by atoms with Gasteiger partial charge < -0.3 is 16.4 Å². The van der Waals surface area contributed by atoms with E-state index in [1.54, 1.807) is 12.3 Å². The number of H-pyrrole nitrogens is 1. The average Bonchev–Trinajstić information content (AvgIpc) is 3.01. The second kappa shape index (κ2) is 6.36. The Hall–Kier alpha value is -2.46. The Kier molecular flexibility index (Phi) is 4.16. The fraction of sp³-hybridized carbons (Fsp3) is 0.375. The van der Waals surface area contributed by atoms with Gasteiger partial charge in [0.15, 0.2) is 22.3 Å². The van der Waals surface area contributed by atoms with Gasteiger partial charge in [-0.25, -0.2) is 19.3 Å². The van der Waals surface area contributed by atoms with Gasteiger partial charge in [0.25, 0.3) is 0 Å². The molecule has 4 heterocycles. The number of pyridine rings is 1. The SMILES string of the molecule is CC1(N)CCN(c2cnc3c(Sc4ccnc(N)c4F)n[nH]c3n2)CC1. The second-order valence-electron chi connectivity index (χ2n) is 6.71. The lowest BCUT2D eigenvalue weighted by Crippen LogP contribution is -2.48. The fourth-order valence-corrected chi connectivity index (χ4v) is 3.73. The molecule has 0 amide bonds. The number of halogens is 1. The van der Waals surface area contributed by atoms with Crippen LogP contribution in [0.25, 0.3) is 11.2 Å². The summed E-state index contributed by atoms with van der Waals surface area (Å²) in [6.45, 7) is 3.75. The zero-order valence-electron chi connectivity index (χ0n) is 14.2. The predicted molar refractivity (Wildman–Crippen MR) is 98.5 cm³/mol. The fourth-order valence-electron chi connectivity index (χ4n) is 2.87. The number of aromatic amines is 1. The van der Waals surface area contributed by atoms with Crippen molar-refractivity contribution in [3.63, 3.8) is 0 Å². The highest BCUT2D eigenvalue weighted by molar-refractivity contribution is 7.99. The Morgan fingerprint density at radius 2 is 2.08 bits per heavy atom. The second-order valence-corrected chi connectivity index (χ2v) is 7.74. The molecule has 0 saturated carbocycles. The van der Waals surface area contributed by atoms with Crippen molar-refractivity contribution in [3.8, 4) is 0 Å². The maximum Gasteiger partial charge on any atom is 0.179 e. The van der Waals surface area contributed by atoms with E-state index in [9.17, 15) is 4.39 Å². The number of nitrogens with one attached hydrogen (secondary N) is 1. The van der Waals surface area contributed by atoms with Gasteiger partial charge in [0.05, 0.1) is 11.1 Å². The van der Waals surface area contributed by atoms with Crippen LogP contribution >= 0.6 is 11.8 Å². The molecule has 4 rings (SSSR count). The number of nitrogen functional groups attached to an aromatic ring is 1. The van der Waals surface area contributed by atoms with Gasteiger partial charge in [0.2, 0.25) is 0 Å². The normalized spacial score (nSPS) is 17.0. The van der Waals surface area contributed by atoms with Gasteiger partial charge in [-0.1, -0.05) is 11.8 Å². The molecule has 0 unspecified atom stereocenters. The van der Waals surface area contributed by atoms with Crippen LogP contribution in [0, 0.1) is 5.82 Å². The van der Waals surface area contributed by atoms with Gasteiger partial charge in [0.1, 0.15) is 11.3 Å². The van der Waals surface area contributed by atoms with E-state index in [0.717, 1.165) is 43.5 Å². The van der Waals surface area contributed by atoms with Crippen molar-refractivity contribution in [1.29, 1.82) is 0 Å². The Morgan fingerprint density at radius 3 is 2.85 bits per heavy atom. The summed E-state index contributed by atoms with van der Waals surface area (Å²) in [6, 6.07) is 1.55. The Labute approximate surface area is 153 Å². The van der Waals surface area contributed by atoms with E-state index >= 15 is 0 Å². The number of aromatic nitrogens is 5. The maximum atomic E-state index is 14.1. The third-order valence-electron chi connectivity index (χ3n) is 4.54. The first-order chi connectivity index (χ1) is 12.4. The van der Waals surface area contributed by atoms with Gasteiger partial charge in [-0.2, -0.15) is 5.10 Å². The molecule has 3 aromatic rings. The lowest BCUT2D eigenvalue weighted by Gasteiger charge is -2.37. The number of nitrogens with zero attached hydrogens (tertiary/aromatic N) is 5. The Morgan fingerprint density at radius 1 is 1.31 bits per heavy atom. The number of rotatable bonds is 3. The van der Waals surface area contributed by atoms with E-state index in [4.69, 9.17) is 11.5 Å². The molecule has 0 radical (unpaired) electrons. The lowest BCUT2D eigenvalue weighted by atomic mass is 9.91. The number of fused-ring (bicyclic) bond motifs is 1. The number of hydrogen-bond acceptors (Lipinski definition) is 8. The van der Waals surface area contributed by atoms with Gasteiger partial charge in [-0.15, -0.1) is 0 Å². The minimum absolute atomic E-state index is 0.123. The molecule has 1 aliphatic heterocycles. The summed E-state index contributed by atoms with van der Waals surface area (Å²) >= 11 is 1.14. The molecular formula is C16H19FN8S. The summed E-state index contributed by atoms with van der Waals surface area (Å²) in [5.74, 6) is 0.0872. The monoisotopic (exact) mass is 374 g/mol. The van der Waals surface area contributed by atoms with E-state index in [0.29, 0.717) is 21.1 Å². The third-order valence-corrected chi connectivity index (χ3v) is 5.56. The van der Waals surface area contributed by atoms with Crippen molar-refractivity contribution in [3.05, 3.63) is 24.3 Å². The summed E-state index contributed by atoms with van der Waals surface area (Å²) in [6.07, 6.45) is 4.98. The highest BCUT2D eigenvalue weighted by atomic mass is 32.2. The highest BCUT2D eigenvalue weighted by Gasteiger charge is 2.27. The van der Waals surface area contributed by atoms with Crippen molar-refractivity contribution < 1.29 is 4.39 Å². The first kappa shape index (κ1) is 17.0. The first-order valence-electron chi connectivity index (χ1n) is 8.26. The van der Waals surface area contributed by atoms with Crippen molar-refractivity contribution in [2.24, 2.45) is 5.73 Å². The minimum atomic E-state index is -0.559. The zero-order valence-corrected chi connectivity index (χ0v) is 15.1. The molecule has 8 nitrogen and oxygen atoms in total. The van der Waals surface area contributed by atoms with E-state index in [-0.39, 0.29) is 11.4 Å². The van der Waals surface area contributed by atoms with Crippen molar-refractivity contribution >= 4 is 34.6 Å². The molecule has 0 aliphatic carbocycles. The van der Waals surface area contributed by atoms with E-state index in [1.165, 1.54) is 6.20 Å². The molecule has 3 aromatic heterocycles. The van der Waals surface area contributed by atoms with Crippen LogP contribution < -0.4 is 16.4 Å². The van der Waals surface area contributed by atoms with Gasteiger partial charge in [-0.3, -0.25) is 5.10 Å². The summed E-state index contributed by atoms with van der Waals surface area (Å²) < 4.78 is 14.1. The van der Waals surface area contributed by atoms with Crippen molar-refractivity contribution in [1.82, 2.24) is 25.1 Å². The molecule has 136 valence electrons. The van der Waals surface area contributed by atoms with Crippen LogP contribution in [-0.4, -0.2) is 43.8 Å². The minimum Gasteiger partial charge on any atom is -0.381 e. The topological polar surface area (TPSA) is 123 Å². The van der Waals surface area contributed by atoms with Gasteiger partial charge in [-0.05, 0) is 25.8 Å². The van der Waals surface area contributed by atoms with Crippen LogP contribution in [0.4, 0.5) is 16.0 Å². The Balaban J connectivity index is 1.59. The molecule has 5 N–H and O–H groups in total. The summed E-state index contributed by atoms with van der Waals surface area (Å²) in [5, 5.41) is 7.63. The summed E-state index contributed by atoms with van der Waals surface area (Å²) in [7, 11) is 0. The number of nitrogens with two attached hydrogens (primary N) is 2. The molecule has 0 bridgehead atoms. The number of anilines is 2. The zero-order chi connectivity index (χ0) is 18.3. The maximum absolute atomic E-state index is 14.1. The van der Waals surface area contributed by atoms with Crippen LogP contribution in [-0.2, 0) is 0 Å². The molecule has 1 saturated heterocycles. The van der Waals surface area contributed by atoms with Crippen LogP contribution in [0.2, 0.25) is 0 Å². The van der Waals surface area contributed by atoms with Crippen molar-refractivity contribution in [2.75, 3.05) is 23.7 Å². The predicted octanol–water partition coefficient (Wildman–Crippen LogP) is 1.94. The smallest absolute Gasteiger partial charge is 0.179 e. The van der Waals surface area contributed by atoms with Crippen LogP contribution in [0.15, 0.2) is 28.4 Å². The first-order valence-corrected chi connectivity index (χ1v) is 9.07.